The Bertz CT molecular complexity index is 1250. The molecule has 11 heteroatoms. The first-order chi connectivity index (χ1) is 15.5. The molecule has 1 amide bonds. The minimum atomic E-state index is -0.402. The molecule has 0 spiro atoms. The summed E-state index contributed by atoms with van der Waals surface area (Å²) in [5, 5.41) is 11.8. The topological polar surface area (TPSA) is 112 Å². The van der Waals surface area contributed by atoms with E-state index in [0.717, 1.165) is 17.0 Å². The number of aromatic nitrogens is 5. The van der Waals surface area contributed by atoms with Crippen molar-refractivity contribution in [2.45, 2.75) is 13.5 Å². The Morgan fingerprint density at radius 3 is 2.81 bits per heavy atom. The number of ether oxygens (including phenoxy) is 2. The van der Waals surface area contributed by atoms with Crippen LogP contribution >= 0.6 is 22.9 Å². The third kappa shape index (κ3) is 4.98. The highest BCUT2D eigenvalue weighted by Gasteiger charge is 2.19. The fourth-order valence-corrected chi connectivity index (χ4v) is 3.50. The van der Waals surface area contributed by atoms with Gasteiger partial charge in [0, 0.05) is 29.8 Å². The standard InChI is InChI=1S/C21H17ClN6O3S/c1-12-3-6-17(30-2)18(25-12)15-7-8-23-10-16(15)19(29)26-20-27-28-21(32-20)31-11-14-5-4-13(22)9-24-14/h3-10H,11H2,1-2H3,(H,26,27,29). The summed E-state index contributed by atoms with van der Waals surface area (Å²) >= 11 is 6.93. The second kappa shape index (κ2) is 9.67. The van der Waals surface area contributed by atoms with Gasteiger partial charge in [0.15, 0.2) is 0 Å². The number of aryl methyl sites for hydroxylation is 1. The molecule has 4 heterocycles. The molecule has 0 saturated heterocycles. The van der Waals surface area contributed by atoms with E-state index < -0.39 is 5.91 Å². The molecule has 4 aromatic rings. The summed E-state index contributed by atoms with van der Waals surface area (Å²) < 4.78 is 11.0. The van der Waals surface area contributed by atoms with Crippen LogP contribution < -0.4 is 14.8 Å². The van der Waals surface area contributed by atoms with Crippen molar-refractivity contribution in [1.82, 2.24) is 25.1 Å². The van der Waals surface area contributed by atoms with E-state index in [0.29, 0.717) is 38.5 Å². The molecule has 0 aliphatic carbocycles. The number of carbonyl (C=O) groups excluding carboxylic acids is 1. The van der Waals surface area contributed by atoms with E-state index in [4.69, 9.17) is 21.1 Å². The highest BCUT2D eigenvalue weighted by Crippen LogP contribution is 2.31. The average Bonchev–Trinajstić information content (AvgIpc) is 3.26. The third-order valence-electron chi connectivity index (χ3n) is 4.30. The lowest BCUT2D eigenvalue weighted by atomic mass is 10.0. The highest BCUT2D eigenvalue weighted by molar-refractivity contribution is 7.17. The van der Waals surface area contributed by atoms with Gasteiger partial charge in [0.1, 0.15) is 18.1 Å². The van der Waals surface area contributed by atoms with Gasteiger partial charge < -0.3 is 9.47 Å². The van der Waals surface area contributed by atoms with Gasteiger partial charge in [0.05, 0.1) is 23.4 Å². The molecule has 0 unspecified atom stereocenters. The minimum absolute atomic E-state index is 0.200. The van der Waals surface area contributed by atoms with Gasteiger partial charge in [0.2, 0.25) is 5.13 Å². The lowest BCUT2D eigenvalue weighted by Gasteiger charge is -2.12. The van der Waals surface area contributed by atoms with Crippen LogP contribution in [0.2, 0.25) is 5.02 Å². The molecule has 0 fully saturated rings. The van der Waals surface area contributed by atoms with Crippen molar-refractivity contribution in [3.05, 3.63) is 70.9 Å². The van der Waals surface area contributed by atoms with Gasteiger partial charge in [-0.1, -0.05) is 16.7 Å². The van der Waals surface area contributed by atoms with Crippen LogP contribution in [-0.2, 0) is 6.61 Å². The largest absolute Gasteiger partial charge is 0.494 e. The smallest absolute Gasteiger partial charge is 0.296 e. The molecular formula is C21H17ClN6O3S. The number of hydrogen-bond donors (Lipinski definition) is 1. The molecular weight excluding hydrogens is 452 g/mol. The molecule has 9 nitrogen and oxygen atoms in total. The van der Waals surface area contributed by atoms with Crippen LogP contribution in [0.3, 0.4) is 0 Å². The predicted molar refractivity (Wildman–Crippen MR) is 120 cm³/mol. The van der Waals surface area contributed by atoms with E-state index in [9.17, 15) is 4.79 Å². The van der Waals surface area contributed by atoms with Crippen LogP contribution in [0.1, 0.15) is 21.7 Å². The Hall–Kier alpha value is -3.63. The second-order valence-electron chi connectivity index (χ2n) is 6.51. The number of carbonyl (C=O) groups is 1. The molecule has 0 aliphatic heterocycles. The third-order valence-corrected chi connectivity index (χ3v) is 5.27. The van der Waals surface area contributed by atoms with Crippen LogP contribution in [0.25, 0.3) is 11.3 Å². The van der Waals surface area contributed by atoms with Crippen molar-refractivity contribution >= 4 is 34.0 Å². The molecule has 0 aliphatic rings. The molecule has 4 aromatic heterocycles. The number of methoxy groups -OCH3 is 1. The lowest BCUT2D eigenvalue weighted by molar-refractivity contribution is 0.102. The average molecular weight is 469 g/mol. The van der Waals surface area contributed by atoms with Gasteiger partial charge in [0.25, 0.3) is 11.1 Å². The van der Waals surface area contributed by atoms with E-state index in [-0.39, 0.29) is 11.7 Å². The second-order valence-corrected chi connectivity index (χ2v) is 7.88. The number of hydrogen-bond acceptors (Lipinski definition) is 9. The summed E-state index contributed by atoms with van der Waals surface area (Å²) in [6.45, 7) is 2.07. The van der Waals surface area contributed by atoms with Crippen molar-refractivity contribution in [2.75, 3.05) is 12.4 Å². The van der Waals surface area contributed by atoms with E-state index in [2.05, 4.69) is 30.5 Å². The van der Waals surface area contributed by atoms with Gasteiger partial charge in [-0.2, -0.15) is 0 Å². The number of pyridine rings is 3. The summed E-state index contributed by atoms with van der Waals surface area (Å²) in [5.41, 5.74) is 2.96. The maximum absolute atomic E-state index is 13.0. The minimum Gasteiger partial charge on any atom is -0.494 e. The number of nitrogens with one attached hydrogen (secondary N) is 1. The summed E-state index contributed by atoms with van der Waals surface area (Å²) in [5.74, 6) is 0.152. The number of rotatable bonds is 7. The quantitative estimate of drug-likeness (QED) is 0.429. The molecule has 1 N–H and O–H groups in total. The van der Waals surface area contributed by atoms with Crippen molar-refractivity contribution in [3.8, 4) is 22.2 Å². The summed E-state index contributed by atoms with van der Waals surface area (Å²) in [7, 11) is 1.55. The Kier molecular flexibility index (Phi) is 6.52. The zero-order chi connectivity index (χ0) is 22.5. The van der Waals surface area contributed by atoms with Gasteiger partial charge in [-0.15, -0.1) is 5.10 Å². The highest BCUT2D eigenvalue weighted by atomic mass is 35.5. The van der Waals surface area contributed by atoms with Crippen molar-refractivity contribution < 1.29 is 14.3 Å². The molecule has 32 heavy (non-hydrogen) atoms. The van der Waals surface area contributed by atoms with Crippen LogP contribution in [0, 0.1) is 6.92 Å². The number of halogens is 1. The number of anilines is 1. The van der Waals surface area contributed by atoms with Gasteiger partial charge in [-0.25, -0.2) is 4.98 Å². The summed E-state index contributed by atoms with van der Waals surface area (Å²) in [4.78, 5) is 25.7. The SMILES string of the molecule is COc1ccc(C)nc1-c1ccncc1C(=O)Nc1nnc(OCc2ccc(Cl)cn2)s1. The molecule has 0 aromatic carbocycles. The van der Waals surface area contributed by atoms with Crippen LogP contribution in [-0.4, -0.2) is 38.2 Å². The van der Waals surface area contributed by atoms with Crippen molar-refractivity contribution in [1.29, 1.82) is 0 Å². The molecule has 0 atom stereocenters. The Labute approximate surface area is 192 Å². The van der Waals surface area contributed by atoms with E-state index in [1.165, 1.54) is 12.4 Å². The number of amides is 1. The fourth-order valence-electron chi connectivity index (χ4n) is 2.79. The fraction of sp³-hybridized carbons (Fsp3) is 0.143. The first kappa shape index (κ1) is 21.6. The van der Waals surface area contributed by atoms with E-state index >= 15 is 0 Å². The maximum atomic E-state index is 13.0. The van der Waals surface area contributed by atoms with Crippen LogP contribution in [0.5, 0.6) is 10.9 Å². The van der Waals surface area contributed by atoms with Crippen LogP contribution in [0.15, 0.2) is 48.9 Å². The zero-order valence-electron chi connectivity index (χ0n) is 17.1. The van der Waals surface area contributed by atoms with Crippen LogP contribution in [0.4, 0.5) is 5.13 Å². The molecule has 0 radical (unpaired) electrons. The summed E-state index contributed by atoms with van der Waals surface area (Å²) in [6, 6.07) is 8.84. The Morgan fingerprint density at radius 1 is 1.16 bits per heavy atom. The van der Waals surface area contributed by atoms with Crippen molar-refractivity contribution in [3.63, 3.8) is 0 Å². The number of nitrogens with zero attached hydrogens (tertiary/aromatic N) is 5. The monoisotopic (exact) mass is 468 g/mol. The molecule has 4 rings (SSSR count). The van der Waals surface area contributed by atoms with Gasteiger partial charge in [-0.05, 0) is 48.6 Å². The van der Waals surface area contributed by atoms with Crippen molar-refractivity contribution in [2.24, 2.45) is 0 Å². The van der Waals surface area contributed by atoms with E-state index in [1.807, 2.05) is 19.1 Å². The normalized spacial score (nSPS) is 10.6. The predicted octanol–water partition coefficient (Wildman–Crippen LogP) is 4.19. The van der Waals surface area contributed by atoms with E-state index in [1.54, 1.807) is 31.5 Å². The molecule has 0 saturated carbocycles. The Morgan fingerprint density at radius 2 is 2.03 bits per heavy atom. The Balaban J connectivity index is 1.50. The van der Waals surface area contributed by atoms with Gasteiger partial charge in [-0.3, -0.25) is 20.1 Å². The molecule has 0 bridgehead atoms. The zero-order valence-corrected chi connectivity index (χ0v) is 18.6. The van der Waals surface area contributed by atoms with Gasteiger partial charge >= 0.3 is 0 Å². The maximum Gasteiger partial charge on any atom is 0.296 e. The summed E-state index contributed by atoms with van der Waals surface area (Å²) in [6.07, 6.45) is 4.60. The lowest BCUT2D eigenvalue weighted by Crippen LogP contribution is -2.14. The first-order valence-corrected chi connectivity index (χ1v) is 10.6. The first-order valence-electron chi connectivity index (χ1n) is 9.37. The molecule has 162 valence electrons.